The molecule has 0 spiro atoms. The summed E-state index contributed by atoms with van der Waals surface area (Å²) in [6, 6.07) is 0. The van der Waals surface area contributed by atoms with Gasteiger partial charge in [0, 0.05) is 24.7 Å². The Balaban J connectivity index is 5.44. The molecule has 0 aromatic carbocycles. The Morgan fingerprint density at radius 1 is 1.16 bits per heavy atom. The highest BCUT2D eigenvalue weighted by molar-refractivity contribution is 5.83. The Morgan fingerprint density at radius 3 is 1.89 bits per heavy atom. The minimum absolute atomic E-state index is 0.0367. The molecular formula is C13H19NO5. The van der Waals surface area contributed by atoms with Crippen LogP contribution in [0.25, 0.3) is 0 Å². The first-order valence-electron chi connectivity index (χ1n) is 5.79. The van der Waals surface area contributed by atoms with E-state index in [4.69, 9.17) is 10.5 Å². The standard InChI is InChI=1S/C13H19NO5/c1-3-10-19-11(18)12(2,14)13(4-7-15,5-8-16)6-9-17/h3,7-9H,1,4-6,10,14H2,2H3. The van der Waals surface area contributed by atoms with Crippen LogP contribution in [0.5, 0.6) is 0 Å². The van der Waals surface area contributed by atoms with Crippen LogP contribution in [0, 0.1) is 5.41 Å². The summed E-state index contributed by atoms with van der Waals surface area (Å²) in [5.41, 5.74) is 3.06. The maximum absolute atomic E-state index is 12.0. The second kappa shape index (κ2) is 7.58. The summed E-state index contributed by atoms with van der Waals surface area (Å²) in [6.07, 6.45) is 2.45. The molecule has 0 amide bonds. The summed E-state index contributed by atoms with van der Waals surface area (Å²) in [5, 5.41) is 0. The van der Waals surface area contributed by atoms with Crippen molar-refractivity contribution in [2.24, 2.45) is 11.1 Å². The lowest BCUT2D eigenvalue weighted by molar-refractivity contribution is -0.155. The highest BCUT2D eigenvalue weighted by Crippen LogP contribution is 2.39. The number of carbonyl (C=O) groups excluding carboxylic acids is 4. The molecule has 0 aromatic heterocycles. The van der Waals surface area contributed by atoms with Crippen LogP contribution in [0.2, 0.25) is 0 Å². The molecule has 0 saturated carbocycles. The molecule has 106 valence electrons. The van der Waals surface area contributed by atoms with Crippen LogP contribution in [0.1, 0.15) is 26.2 Å². The van der Waals surface area contributed by atoms with E-state index in [0.717, 1.165) is 0 Å². The van der Waals surface area contributed by atoms with Crippen molar-refractivity contribution in [3.63, 3.8) is 0 Å². The normalized spacial score (nSPS) is 14.0. The molecular weight excluding hydrogens is 250 g/mol. The number of hydrogen-bond acceptors (Lipinski definition) is 6. The van der Waals surface area contributed by atoms with E-state index < -0.39 is 16.9 Å². The Bertz CT molecular complexity index is 336. The summed E-state index contributed by atoms with van der Waals surface area (Å²) in [6.45, 7) is 4.72. The molecule has 6 heteroatoms. The van der Waals surface area contributed by atoms with Gasteiger partial charge in [0.1, 0.15) is 31.0 Å². The largest absolute Gasteiger partial charge is 0.460 e. The van der Waals surface area contributed by atoms with Crippen LogP contribution in [0.15, 0.2) is 12.7 Å². The average Bonchev–Trinajstić information content (AvgIpc) is 2.36. The van der Waals surface area contributed by atoms with Gasteiger partial charge in [-0.15, -0.1) is 0 Å². The summed E-state index contributed by atoms with van der Waals surface area (Å²) in [4.78, 5) is 44.3. The van der Waals surface area contributed by atoms with Gasteiger partial charge in [-0.3, -0.25) is 4.79 Å². The fourth-order valence-corrected chi connectivity index (χ4v) is 1.87. The van der Waals surface area contributed by atoms with Gasteiger partial charge in [0.15, 0.2) is 0 Å². The molecule has 0 bridgehead atoms. The molecule has 1 atom stereocenters. The molecule has 0 aliphatic rings. The zero-order valence-electron chi connectivity index (χ0n) is 11.0. The predicted octanol–water partition coefficient (Wildman–Crippen LogP) is 0.186. The molecule has 0 aliphatic heterocycles. The molecule has 1 unspecified atom stereocenters. The van der Waals surface area contributed by atoms with E-state index in [1.54, 1.807) is 0 Å². The van der Waals surface area contributed by atoms with Crippen molar-refractivity contribution < 1.29 is 23.9 Å². The van der Waals surface area contributed by atoms with Crippen LogP contribution in [-0.2, 0) is 23.9 Å². The first kappa shape index (κ1) is 17.2. The smallest absolute Gasteiger partial charge is 0.326 e. The Morgan fingerprint density at radius 2 is 1.58 bits per heavy atom. The van der Waals surface area contributed by atoms with Crippen molar-refractivity contribution in [3.05, 3.63) is 12.7 Å². The van der Waals surface area contributed by atoms with Gasteiger partial charge in [0.25, 0.3) is 0 Å². The number of ether oxygens (including phenoxy) is 1. The van der Waals surface area contributed by atoms with E-state index >= 15 is 0 Å². The van der Waals surface area contributed by atoms with E-state index in [1.807, 2.05) is 0 Å². The number of esters is 1. The predicted molar refractivity (Wildman–Crippen MR) is 68.2 cm³/mol. The monoisotopic (exact) mass is 269 g/mol. The van der Waals surface area contributed by atoms with E-state index in [0.29, 0.717) is 18.9 Å². The molecule has 0 aliphatic carbocycles. The SMILES string of the molecule is C=CCOC(=O)C(C)(N)C(CC=O)(CC=O)CC=O. The quantitative estimate of drug-likeness (QED) is 0.345. The van der Waals surface area contributed by atoms with Gasteiger partial charge in [0.05, 0.1) is 0 Å². The highest BCUT2D eigenvalue weighted by Gasteiger charge is 2.51. The second-order valence-electron chi connectivity index (χ2n) is 4.48. The average molecular weight is 269 g/mol. The van der Waals surface area contributed by atoms with Crippen molar-refractivity contribution in [1.29, 1.82) is 0 Å². The third-order valence-electron chi connectivity index (χ3n) is 3.28. The van der Waals surface area contributed by atoms with Crippen molar-refractivity contribution in [2.45, 2.75) is 31.7 Å². The molecule has 2 N–H and O–H groups in total. The zero-order chi connectivity index (χ0) is 14.9. The van der Waals surface area contributed by atoms with E-state index in [9.17, 15) is 19.2 Å². The van der Waals surface area contributed by atoms with E-state index in [2.05, 4.69) is 6.58 Å². The Kier molecular flexibility index (Phi) is 6.85. The van der Waals surface area contributed by atoms with Crippen LogP contribution < -0.4 is 5.73 Å². The van der Waals surface area contributed by atoms with Crippen molar-refractivity contribution in [1.82, 2.24) is 0 Å². The van der Waals surface area contributed by atoms with E-state index in [-0.39, 0.29) is 25.9 Å². The van der Waals surface area contributed by atoms with Crippen LogP contribution in [0.4, 0.5) is 0 Å². The second-order valence-corrected chi connectivity index (χ2v) is 4.48. The van der Waals surface area contributed by atoms with Crippen molar-refractivity contribution >= 4 is 24.8 Å². The topological polar surface area (TPSA) is 104 Å². The third-order valence-corrected chi connectivity index (χ3v) is 3.28. The zero-order valence-corrected chi connectivity index (χ0v) is 11.0. The van der Waals surface area contributed by atoms with Gasteiger partial charge in [-0.05, 0) is 6.92 Å². The summed E-state index contributed by atoms with van der Waals surface area (Å²) < 4.78 is 4.87. The fourth-order valence-electron chi connectivity index (χ4n) is 1.87. The first-order chi connectivity index (χ1) is 8.91. The highest BCUT2D eigenvalue weighted by atomic mass is 16.5. The number of carbonyl (C=O) groups is 4. The van der Waals surface area contributed by atoms with Gasteiger partial charge >= 0.3 is 5.97 Å². The molecule has 0 fully saturated rings. The maximum Gasteiger partial charge on any atom is 0.326 e. The molecule has 0 radical (unpaired) electrons. The van der Waals surface area contributed by atoms with Crippen molar-refractivity contribution in [2.75, 3.05) is 6.61 Å². The summed E-state index contributed by atoms with van der Waals surface area (Å²) in [5.74, 6) is -0.780. The fraction of sp³-hybridized carbons (Fsp3) is 0.538. The van der Waals surface area contributed by atoms with Crippen molar-refractivity contribution in [3.8, 4) is 0 Å². The molecule has 6 nitrogen and oxygen atoms in total. The number of hydrogen-bond donors (Lipinski definition) is 1. The number of nitrogens with two attached hydrogens (primary N) is 1. The lowest BCUT2D eigenvalue weighted by Crippen LogP contribution is -2.60. The molecule has 0 rings (SSSR count). The summed E-state index contributed by atoms with van der Waals surface area (Å²) in [7, 11) is 0. The van der Waals surface area contributed by atoms with Gasteiger partial charge in [0.2, 0.25) is 0 Å². The lowest BCUT2D eigenvalue weighted by Gasteiger charge is -2.41. The van der Waals surface area contributed by atoms with Gasteiger partial charge in [-0.2, -0.15) is 0 Å². The molecule has 0 saturated heterocycles. The molecule has 0 heterocycles. The summed E-state index contributed by atoms with van der Waals surface area (Å²) >= 11 is 0. The van der Waals surface area contributed by atoms with Gasteiger partial charge < -0.3 is 24.9 Å². The van der Waals surface area contributed by atoms with E-state index in [1.165, 1.54) is 13.0 Å². The third kappa shape index (κ3) is 3.82. The first-order valence-corrected chi connectivity index (χ1v) is 5.79. The lowest BCUT2D eigenvalue weighted by atomic mass is 9.65. The van der Waals surface area contributed by atoms with Crippen LogP contribution in [-0.4, -0.2) is 37.0 Å². The van der Waals surface area contributed by atoms with Crippen LogP contribution in [0.3, 0.4) is 0 Å². The number of aldehydes is 3. The number of rotatable bonds is 10. The van der Waals surface area contributed by atoms with Crippen LogP contribution >= 0.6 is 0 Å². The van der Waals surface area contributed by atoms with Gasteiger partial charge in [-0.1, -0.05) is 12.7 Å². The Hall–Kier alpha value is -1.82. The maximum atomic E-state index is 12.0. The minimum atomic E-state index is -1.63. The Labute approximate surface area is 112 Å². The minimum Gasteiger partial charge on any atom is -0.460 e. The molecule has 19 heavy (non-hydrogen) atoms. The van der Waals surface area contributed by atoms with Gasteiger partial charge in [-0.25, -0.2) is 0 Å². The molecule has 0 aromatic rings.